The highest BCUT2D eigenvalue weighted by atomic mass is 35.5. The van der Waals surface area contributed by atoms with Crippen molar-refractivity contribution in [2.45, 2.75) is 18.8 Å². The Morgan fingerprint density at radius 3 is 2.67 bits per heavy atom. The number of hydrogen-bond donors (Lipinski definition) is 0. The SMILES string of the molecule is COc1ccc(C2CC[N]CC2)cc1Cl. The second kappa shape index (κ2) is 4.86. The Hall–Kier alpha value is -0.730. The van der Waals surface area contributed by atoms with E-state index in [0.29, 0.717) is 10.9 Å². The molecule has 1 aromatic rings. The fourth-order valence-corrected chi connectivity index (χ4v) is 2.29. The van der Waals surface area contributed by atoms with Crippen molar-refractivity contribution in [1.82, 2.24) is 5.32 Å². The first-order valence-electron chi connectivity index (χ1n) is 5.28. The van der Waals surface area contributed by atoms with Crippen LogP contribution < -0.4 is 10.1 Å². The monoisotopic (exact) mass is 224 g/mol. The van der Waals surface area contributed by atoms with Crippen LogP contribution in [0.25, 0.3) is 0 Å². The van der Waals surface area contributed by atoms with E-state index in [-0.39, 0.29) is 0 Å². The molecule has 3 heteroatoms. The van der Waals surface area contributed by atoms with Gasteiger partial charge >= 0.3 is 0 Å². The van der Waals surface area contributed by atoms with Crippen LogP contribution >= 0.6 is 11.6 Å². The van der Waals surface area contributed by atoms with Crippen LogP contribution in [0.1, 0.15) is 24.3 Å². The Morgan fingerprint density at radius 2 is 2.07 bits per heavy atom. The molecule has 0 bridgehead atoms. The molecular weight excluding hydrogens is 210 g/mol. The highest BCUT2D eigenvalue weighted by Gasteiger charge is 2.16. The van der Waals surface area contributed by atoms with Crippen molar-refractivity contribution in [3.63, 3.8) is 0 Å². The normalized spacial score (nSPS) is 17.7. The summed E-state index contributed by atoms with van der Waals surface area (Å²) in [6, 6.07) is 6.08. The van der Waals surface area contributed by atoms with Gasteiger partial charge in [-0.3, -0.25) is 0 Å². The van der Waals surface area contributed by atoms with E-state index in [9.17, 15) is 0 Å². The molecule has 0 aliphatic carbocycles. The zero-order valence-corrected chi connectivity index (χ0v) is 9.63. The van der Waals surface area contributed by atoms with Crippen molar-refractivity contribution >= 4 is 11.6 Å². The summed E-state index contributed by atoms with van der Waals surface area (Å²) < 4.78 is 5.14. The molecule has 1 fully saturated rings. The van der Waals surface area contributed by atoms with E-state index in [0.717, 1.165) is 31.7 Å². The van der Waals surface area contributed by atoms with Crippen LogP contribution in [-0.4, -0.2) is 20.2 Å². The Labute approximate surface area is 95.6 Å². The molecular formula is C12H15ClNO. The van der Waals surface area contributed by atoms with E-state index in [1.165, 1.54) is 5.56 Å². The molecule has 1 radical (unpaired) electrons. The number of piperidine rings is 1. The van der Waals surface area contributed by atoms with Crippen molar-refractivity contribution < 1.29 is 4.74 Å². The molecule has 0 spiro atoms. The van der Waals surface area contributed by atoms with Crippen molar-refractivity contribution in [3.8, 4) is 5.75 Å². The summed E-state index contributed by atoms with van der Waals surface area (Å²) in [6.45, 7) is 1.96. The lowest BCUT2D eigenvalue weighted by Crippen LogP contribution is -2.20. The maximum atomic E-state index is 6.10. The average Bonchev–Trinajstić information content (AvgIpc) is 2.30. The summed E-state index contributed by atoms with van der Waals surface area (Å²) in [6.07, 6.45) is 2.28. The van der Waals surface area contributed by atoms with Crippen LogP contribution in [0, 0.1) is 0 Å². The van der Waals surface area contributed by atoms with Gasteiger partial charge in [0.05, 0.1) is 12.1 Å². The van der Waals surface area contributed by atoms with Crippen molar-refractivity contribution in [2.24, 2.45) is 0 Å². The first-order valence-corrected chi connectivity index (χ1v) is 5.65. The van der Waals surface area contributed by atoms with Crippen LogP contribution in [0.4, 0.5) is 0 Å². The smallest absolute Gasteiger partial charge is 0.137 e. The van der Waals surface area contributed by atoms with Gasteiger partial charge < -0.3 is 4.74 Å². The van der Waals surface area contributed by atoms with Gasteiger partial charge in [-0.15, -0.1) is 0 Å². The zero-order chi connectivity index (χ0) is 10.7. The third-order valence-corrected chi connectivity index (χ3v) is 3.21. The molecule has 1 aliphatic rings. The quantitative estimate of drug-likeness (QED) is 0.758. The van der Waals surface area contributed by atoms with Crippen molar-refractivity contribution in [1.29, 1.82) is 0 Å². The molecule has 1 heterocycles. The highest BCUT2D eigenvalue weighted by molar-refractivity contribution is 6.32. The molecule has 0 saturated carbocycles. The molecule has 1 aromatic carbocycles. The molecule has 15 heavy (non-hydrogen) atoms. The van der Waals surface area contributed by atoms with Gasteiger partial charge in [0, 0.05) is 13.1 Å². The summed E-state index contributed by atoms with van der Waals surface area (Å²) in [7, 11) is 1.64. The summed E-state index contributed by atoms with van der Waals surface area (Å²) in [5, 5.41) is 5.06. The predicted octanol–water partition coefficient (Wildman–Crippen LogP) is 2.83. The molecule has 1 saturated heterocycles. The third-order valence-electron chi connectivity index (χ3n) is 2.92. The fourth-order valence-electron chi connectivity index (χ4n) is 2.02. The lowest BCUT2D eigenvalue weighted by atomic mass is 9.90. The molecule has 0 atom stereocenters. The molecule has 0 aromatic heterocycles. The molecule has 1 aliphatic heterocycles. The molecule has 81 valence electrons. The number of hydrogen-bond acceptors (Lipinski definition) is 1. The number of nitrogens with zero attached hydrogens (tertiary/aromatic N) is 1. The maximum absolute atomic E-state index is 6.10. The molecule has 2 nitrogen and oxygen atoms in total. The highest BCUT2D eigenvalue weighted by Crippen LogP contribution is 2.31. The number of methoxy groups -OCH3 is 1. The van der Waals surface area contributed by atoms with E-state index in [4.69, 9.17) is 16.3 Å². The first kappa shape index (κ1) is 10.8. The third kappa shape index (κ3) is 2.44. The van der Waals surface area contributed by atoms with Gasteiger partial charge in [-0.05, 0) is 36.5 Å². The van der Waals surface area contributed by atoms with Gasteiger partial charge in [-0.2, -0.15) is 0 Å². The van der Waals surface area contributed by atoms with Gasteiger partial charge in [0.1, 0.15) is 5.75 Å². The number of ether oxygens (including phenoxy) is 1. The van der Waals surface area contributed by atoms with E-state index in [1.54, 1.807) is 7.11 Å². The first-order chi connectivity index (χ1) is 7.31. The van der Waals surface area contributed by atoms with Crippen LogP contribution in [-0.2, 0) is 0 Å². The predicted molar refractivity (Wildman–Crippen MR) is 61.8 cm³/mol. The summed E-state index contributed by atoms with van der Waals surface area (Å²) in [5.74, 6) is 1.37. The van der Waals surface area contributed by atoms with E-state index in [2.05, 4.69) is 11.4 Å². The second-order valence-electron chi connectivity index (χ2n) is 3.84. The number of rotatable bonds is 2. The van der Waals surface area contributed by atoms with Crippen molar-refractivity contribution in [2.75, 3.05) is 20.2 Å². The van der Waals surface area contributed by atoms with Gasteiger partial charge in [-0.25, -0.2) is 5.32 Å². The average molecular weight is 225 g/mol. The largest absolute Gasteiger partial charge is 0.495 e. The van der Waals surface area contributed by atoms with Gasteiger partial charge in [-0.1, -0.05) is 17.7 Å². The minimum Gasteiger partial charge on any atom is -0.495 e. The van der Waals surface area contributed by atoms with Gasteiger partial charge in [0.15, 0.2) is 0 Å². The standard InChI is InChI=1S/C12H15ClNO/c1-15-12-3-2-10(8-11(12)13)9-4-6-14-7-5-9/h2-3,8-9H,4-7H2,1H3. The van der Waals surface area contributed by atoms with E-state index < -0.39 is 0 Å². The second-order valence-corrected chi connectivity index (χ2v) is 4.25. The Kier molecular flexibility index (Phi) is 3.49. The van der Waals surface area contributed by atoms with Gasteiger partial charge in [0.2, 0.25) is 0 Å². The molecule has 0 unspecified atom stereocenters. The molecule has 0 N–H and O–H groups in total. The maximum Gasteiger partial charge on any atom is 0.137 e. The minimum absolute atomic E-state index is 0.617. The molecule has 2 rings (SSSR count). The van der Waals surface area contributed by atoms with Crippen LogP contribution in [0.15, 0.2) is 18.2 Å². The van der Waals surface area contributed by atoms with E-state index in [1.807, 2.05) is 12.1 Å². The van der Waals surface area contributed by atoms with Crippen LogP contribution in [0.3, 0.4) is 0 Å². The topological polar surface area (TPSA) is 23.3 Å². The summed E-state index contributed by atoms with van der Waals surface area (Å²) >= 11 is 6.10. The number of halogens is 1. The lowest BCUT2D eigenvalue weighted by Gasteiger charge is -2.22. The summed E-state index contributed by atoms with van der Waals surface area (Å²) in [4.78, 5) is 0. The Balaban J connectivity index is 2.17. The molecule has 0 amide bonds. The minimum atomic E-state index is 0.617. The van der Waals surface area contributed by atoms with Crippen LogP contribution in [0.5, 0.6) is 5.75 Å². The Bertz CT molecular complexity index is 334. The Morgan fingerprint density at radius 1 is 1.33 bits per heavy atom. The van der Waals surface area contributed by atoms with E-state index >= 15 is 0 Å². The van der Waals surface area contributed by atoms with Crippen LogP contribution in [0.2, 0.25) is 5.02 Å². The van der Waals surface area contributed by atoms with Crippen molar-refractivity contribution in [3.05, 3.63) is 28.8 Å². The zero-order valence-electron chi connectivity index (χ0n) is 8.87. The summed E-state index contributed by atoms with van der Waals surface area (Å²) in [5.41, 5.74) is 1.32. The fraction of sp³-hybridized carbons (Fsp3) is 0.500. The van der Waals surface area contributed by atoms with Gasteiger partial charge in [0.25, 0.3) is 0 Å². The lowest BCUT2D eigenvalue weighted by molar-refractivity contribution is 0.414. The number of benzene rings is 1.